The largest absolute Gasteiger partial charge is 0.370 e. The van der Waals surface area contributed by atoms with Crippen LogP contribution in [0.2, 0.25) is 5.02 Å². The van der Waals surface area contributed by atoms with Crippen molar-refractivity contribution in [2.75, 3.05) is 6.54 Å². The molecule has 1 saturated carbocycles. The molecule has 0 unspecified atom stereocenters. The Hall–Kier alpha value is -1.66. The number of nitrogens with zero attached hydrogens (tertiary/aromatic N) is 1. The summed E-state index contributed by atoms with van der Waals surface area (Å²) in [6.07, 6.45) is 8.02. The van der Waals surface area contributed by atoms with Gasteiger partial charge in [0.1, 0.15) is 0 Å². The number of rotatable bonds is 7. The van der Waals surface area contributed by atoms with Crippen molar-refractivity contribution in [1.29, 1.82) is 0 Å². The first-order valence-corrected chi connectivity index (χ1v) is 10.8. The van der Waals surface area contributed by atoms with Crippen molar-refractivity contribution < 1.29 is 9.59 Å². The van der Waals surface area contributed by atoms with Crippen LogP contribution in [-0.4, -0.2) is 23.3 Å². The van der Waals surface area contributed by atoms with Crippen molar-refractivity contribution in [3.63, 3.8) is 0 Å². The number of hydrogen-bond donors (Lipinski definition) is 2. The van der Waals surface area contributed by atoms with Gasteiger partial charge < -0.3 is 11.1 Å². The summed E-state index contributed by atoms with van der Waals surface area (Å²) < 4.78 is 1.13. The van der Waals surface area contributed by atoms with E-state index in [2.05, 4.69) is 16.0 Å². The van der Waals surface area contributed by atoms with Gasteiger partial charge in [-0.2, -0.15) is 0 Å². The minimum atomic E-state index is -0.245. The number of aromatic nitrogens is 1. The van der Waals surface area contributed by atoms with Gasteiger partial charge in [-0.25, -0.2) is 4.98 Å². The van der Waals surface area contributed by atoms with Gasteiger partial charge in [-0.3, -0.25) is 9.59 Å². The maximum absolute atomic E-state index is 11.8. The molecule has 1 aliphatic carbocycles. The first kappa shape index (κ1) is 21.6. The topological polar surface area (TPSA) is 85.1 Å². The van der Waals surface area contributed by atoms with Crippen LogP contribution in [0.5, 0.6) is 0 Å². The number of fused-ring (bicyclic) bond motifs is 1. The van der Waals surface area contributed by atoms with Crippen LogP contribution in [0.1, 0.15) is 56.9 Å². The van der Waals surface area contributed by atoms with E-state index < -0.39 is 0 Å². The minimum Gasteiger partial charge on any atom is -0.370 e. The van der Waals surface area contributed by atoms with Gasteiger partial charge in [-0.05, 0) is 43.4 Å². The molecule has 0 aliphatic heterocycles. The van der Waals surface area contributed by atoms with E-state index in [-0.39, 0.29) is 11.8 Å². The zero-order valence-electron chi connectivity index (χ0n) is 15.8. The summed E-state index contributed by atoms with van der Waals surface area (Å²) in [5, 5.41) is 4.90. The molecule has 1 aliphatic rings. The fraction of sp³-hybridized carbons (Fsp3) is 0.550. The maximum Gasteiger partial charge on any atom is 0.220 e. The Balaban J connectivity index is 0.000000465. The van der Waals surface area contributed by atoms with Crippen LogP contribution in [0.25, 0.3) is 10.2 Å². The number of amides is 2. The predicted octanol–water partition coefficient (Wildman–Crippen LogP) is 4.46. The molecule has 0 saturated heterocycles. The van der Waals surface area contributed by atoms with Crippen LogP contribution in [0.15, 0.2) is 18.2 Å². The van der Waals surface area contributed by atoms with Gasteiger partial charge in [0.05, 0.1) is 15.2 Å². The van der Waals surface area contributed by atoms with Crippen LogP contribution in [0.4, 0.5) is 0 Å². The van der Waals surface area contributed by atoms with Crippen LogP contribution >= 0.6 is 22.9 Å². The molecule has 7 heteroatoms. The lowest BCUT2D eigenvalue weighted by Crippen LogP contribution is -2.26. The average Bonchev–Trinajstić information content (AvgIpc) is 3.28. The number of carbonyl (C=O) groups is 2. The van der Waals surface area contributed by atoms with E-state index in [9.17, 15) is 9.59 Å². The zero-order valence-corrected chi connectivity index (χ0v) is 17.4. The molecule has 3 N–H and O–H groups in total. The third-order valence-corrected chi connectivity index (χ3v) is 5.89. The van der Waals surface area contributed by atoms with E-state index in [4.69, 9.17) is 11.6 Å². The quantitative estimate of drug-likeness (QED) is 0.662. The molecule has 1 fully saturated rings. The van der Waals surface area contributed by atoms with E-state index in [1.165, 1.54) is 25.7 Å². The number of primary amides is 1. The molecular weight excluding hydrogens is 382 g/mol. The molecule has 0 atom stereocenters. The van der Waals surface area contributed by atoms with Gasteiger partial charge in [0, 0.05) is 30.8 Å². The minimum absolute atomic E-state index is 0.211. The van der Waals surface area contributed by atoms with Gasteiger partial charge in [0.15, 0.2) is 0 Å². The molecular formula is C20H28ClN3O2S. The van der Waals surface area contributed by atoms with Crippen molar-refractivity contribution in [1.82, 2.24) is 10.3 Å². The molecule has 2 aromatic rings. The van der Waals surface area contributed by atoms with Gasteiger partial charge in [0.25, 0.3) is 0 Å². The first-order valence-electron chi connectivity index (χ1n) is 9.58. The summed E-state index contributed by atoms with van der Waals surface area (Å²) in [7, 11) is 0. The lowest BCUT2D eigenvalue weighted by atomic mass is 10.0. The number of carbonyl (C=O) groups excluding carboxylic acids is 2. The number of nitrogens with one attached hydrogen (secondary N) is 1. The number of aryl methyl sites for hydroxylation is 1. The van der Waals surface area contributed by atoms with Crippen molar-refractivity contribution in [3.8, 4) is 0 Å². The highest BCUT2D eigenvalue weighted by Gasteiger charge is 2.17. The van der Waals surface area contributed by atoms with Crippen LogP contribution in [-0.2, 0) is 16.0 Å². The predicted molar refractivity (Wildman–Crippen MR) is 112 cm³/mol. The van der Waals surface area contributed by atoms with E-state index in [1.54, 1.807) is 18.3 Å². The monoisotopic (exact) mass is 409 g/mol. The number of benzene rings is 1. The number of hydrogen-bond acceptors (Lipinski definition) is 4. The van der Waals surface area contributed by atoms with E-state index in [0.29, 0.717) is 18.8 Å². The Kier molecular flexibility index (Phi) is 9.01. The molecule has 1 aromatic carbocycles. The van der Waals surface area contributed by atoms with E-state index in [0.717, 1.165) is 39.6 Å². The molecule has 1 heterocycles. The summed E-state index contributed by atoms with van der Waals surface area (Å²) in [4.78, 5) is 26.0. The molecule has 1 aromatic heterocycles. The second-order valence-corrected chi connectivity index (χ2v) is 8.40. The number of halogens is 1. The Morgan fingerprint density at radius 1 is 1.33 bits per heavy atom. The maximum atomic E-state index is 11.8. The third-order valence-electron chi connectivity index (χ3n) is 4.58. The van der Waals surface area contributed by atoms with Crippen molar-refractivity contribution in [2.24, 2.45) is 11.7 Å². The van der Waals surface area contributed by atoms with Gasteiger partial charge in [-0.1, -0.05) is 31.4 Å². The SMILES string of the molecule is CCC(N)=O.O=C(CC1CCCC1)NCCCc1nc2ccc(Cl)cc2s1. The van der Waals surface area contributed by atoms with Crippen LogP contribution in [0, 0.1) is 5.92 Å². The normalized spacial score (nSPS) is 14.0. The Morgan fingerprint density at radius 2 is 2.04 bits per heavy atom. The zero-order chi connectivity index (χ0) is 19.6. The fourth-order valence-corrected chi connectivity index (χ4v) is 4.35. The summed E-state index contributed by atoms with van der Waals surface area (Å²) in [6.45, 7) is 2.46. The molecule has 148 valence electrons. The Morgan fingerprint density at radius 3 is 2.70 bits per heavy atom. The summed E-state index contributed by atoms with van der Waals surface area (Å²) in [5.74, 6) is 0.585. The lowest BCUT2D eigenvalue weighted by molar-refractivity contribution is -0.122. The highest BCUT2D eigenvalue weighted by atomic mass is 35.5. The second-order valence-electron chi connectivity index (χ2n) is 6.85. The molecule has 2 amide bonds. The highest BCUT2D eigenvalue weighted by Crippen LogP contribution is 2.27. The fourth-order valence-electron chi connectivity index (χ4n) is 3.07. The number of thiazole rings is 1. The average molecular weight is 410 g/mol. The molecule has 3 rings (SSSR count). The van der Waals surface area contributed by atoms with Crippen molar-refractivity contribution >= 4 is 45.0 Å². The summed E-state index contributed by atoms with van der Waals surface area (Å²) in [5.41, 5.74) is 5.66. The van der Waals surface area contributed by atoms with E-state index >= 15 is 0 Å². The highest BCUT2D eigenvalue weighted by molar-refractivity contribution is 7.18. The van der Waals surface area contributed by atoms with Gasteiger partial charge in [0.2, 0.25) is 11.8 Å². The standard InChI is InChI=1S/C17H21ClN2OS.C3H7NO/c18-13-7-8-14-15(11-13)22-17(20-14)6-3-9-19-16(21)10-12-4-1-2-5-12;1-2-3(4)5/h7-8,11-12H,1-6,9-10H2,(H,19,21);2H2,1H3,(H2,4,5). The molecule has 27 heavy (non-hydrogen) atoms. The molecule has 0 bridgehead atoms. The molecule has 0 spiro atoms. The second kappa shape index (κ2) is 11.2. The van der Waals surface area contributed by atoms with E-state index in [1.807, 2.05) is 18.2 Å². The lowest BCUT2D eigenvalue weighted by Gasteiger charge is -2.09. The van der Waals surface area contributed by atoms with Crippen LogP contribution < -0.4 is 11.1 Å². The van der Waals surface area contributed by atoms with Gasteiger partial charge in [-0.15, -0.1) is 11.3 Å². The van der Waals surface area contributed by atoms with Crippen molar-refractivity contribution in [2.45, 2.75) is 58.3 Å². The summed E-state index contributed by atoms with van der Waals surface area (Å²) in [6, 6.07) is 5.79. The van der Waals surface area contributed by atoms with Gasteiger partial charge >= 0.3 is 0 Å². The number of nitrogens with two attached hydrogens (primary N) is 1. The van der Waals surface area contributed by atoms with Crippen LogP contribution in [0.3, 0.4) is 0 Å². The summed E-state index contributed by atoms with van der Waals surface area (Å²) >= 11 is 7.68. The smallest absolute Gasteiger partial charge is 0.220 e. The Bertz CT molecular complexity index is 757. The van der Waals surface area contributed by atoms with Crippen molar-refractivity contribution in [3.05, 3.63) is 28.2 Å². The third kappa shape index (κ3) is 7.85. The Labute approximate surface area is 169 Å². The molecule has 0 radical (unpaired) electrons. The molecule has 5 nitrogen and oxygen atoms in total. The first-order chi connectivity index (χ1) is 13.0.